The summed E-state index contributed by atoms with van der Waals surface area (Å²) in [5.74, 6) is -0.497. The Labute approximate surface area is 294 Å². The SMILES string of the molecule is COC(=O)C(Cc1ccccc1)NC(=O)NCc1cccc(-c2ccc(C3OC(CN4CCCCC4)CC(c4ccc(CO)cc4)O3)cc2)c1. The second-order valence-electron chi connectivity index (χ2n) is 13.1. The highest BCUT2D eigenvalue weighted by molar-refractivity contribution is 5.83. The monoisotopic (exact) mass is 677 g/mol. The van der Waals surface area contributed by atoms with Crippen LogP contribution < -0.4 is 10.6 Å². The number of hydrogen-bond acceptors (Lipinski definition) is 7. The largest absolute Gasteiger partial charge is 0.467 e. The standard InChI is InChI=1S/C41H47N3O6/c1-48-39(46)37(24-29-9-4-2-5-10-29)43-41(47)42-26-31-11-8-12-35(23-31)32-17-19-34(20-18-32)40-49-36(27-44-21-6-3-7-22-44)25-38(50-40)33-15-13-30(28-45)14-16-33/h2,4-5,8-20,23,36-38,40,45H,3,6-7,21-22,24-28H2,1H3,(H2,42,43,47). The summed E-state index contributed by atoms with van der Waals surface area (Å²) in [5.41, 5.74) is 6.83. The van der Waals surface area contributed by atoms with Gasteiger partial charge in [-0.3, -0.25) is 0 Å². The fraction of sp³-hybridized carbons (Fsp3) is 0.366. The molecule has 0 bridgehead atoms. The molecule has 2 aliphatic rings. The first kappa shape index (κ1) is 35.3. The minimum atomic E-state index is -0.800. The molecular formula is C41H47N3O6. The first-order chi connectivity index (χ1) is 24.5. The van der Waals surface area contributed by atoms with Crippen molar-refractivity contribution in [3.8, 4) is 11.1 Å². The molecule has 3 N–H and O–H groups in total. The maximum Gasteiger partial charge on any atom is 0.328 e. The molecule has 0 radical (unpaired) electrons. The van der Waals surface area contributed by atoms with Crippen molar-refractivity contribution >= 4 is 12.0 Å². The number of carbonyl (C=O) groups excluding carboxylic acids is 2. The lowest BCUT2D eigenvalue weighted by atomic mass is 9.98. The fourth-order valence-corrected chi connectivity index (χ4v) is 6.73. The average Bonchev–Trinajstić information content (AvgIpc) is 3.17. The van der Waals surface area contributed by atoms with Gasteiger partial charge in [0, 0.05) is 31.5 Å². The normalized spacial score (nSPS) is 20.1. The average molecular weight is 678 g/mol. The predicted octanol–water partition coefficient (Wildman–Crippen LogP) is 6.46. The van der Waals surface area contributed by atoms with E-state index in [1.807, 2.05) is 78.9 Å². The van der Waals surface area contributed by atoms with E-state index in [4.69, 9.17) is 14.2 Å². The number of aliphatic hydroxyl groups is 1. The third kappa shape index (κ3) is 9.57. The van der Waals surface area contributed by atoms with Crippen LogP contribution in [0.15, 0.2) is 103 Å². The van der Waals surface area contributed by atoms with Crippen molar-refractivity contribution in [1.82, 2.24) is 15.5 Å². The van der Waals surface area contributed by atoms with Crippen LogP contribution in [0.5, 0.6) is 0 Å². The van der Waals surface area contributed by atoms with E-state index in [1.54, 1.807) is 0 Å². The summed E-state index contributed by atoms with van der Waals surface area (Å²) in [6, 6.07) is 32.6. The van der Waals surface area contributed by atoms with E-state index in [-0.39, 0.29) is 18.8 Å². The van der Waals surface area contributed by atoms with Crippen LogP contribution in [0.25, 0.3) is 11.1 Å². The van der Waals surface area contributed by atoms with E-state index in [9.17, 15) is 14.7 Å². The van der Waals surface area contributed by atoms with Gasteiger partial charge in [-0.25, -0.2) is 9.59 Å². The number of carbonyl (C=O) groups is 2. The number of benzene rings is 4. The highest BCUT2D eigenvalue weighted by atomic mass is 16.7. The van der Waals surface area contributed by atoms with Crippen molar-refractivity contribution in [2.24, 2.45) is 0 Å². The number of ether oxygens (including phenoxy) is 3. The van der Waals surface area contributed by atoms with Crippen LogP contribution in [-0.4, -0.2) is 60.9 Å². The van der Waals surface area contributed by atoms with Gasteiger partial charge in [0.25, 0.3) is 0 Å². The van der Waals surface area contributed by atoms with Gasteiger partial charge in [0.05, 0.1) is 25.9 Å². The Morgan fingerprint density at radius 3 is 2.26 bits per heavy atom. The Morgan fingerprint density at radius 2 is 1.54 bits per heavy atom. The van der Waals surface area contributed by atoms with Crippen molar-refractivity contribution in [3.05, 3.63) is 131 Å². The number of hydrogen-bond donors (Lipinski definition) is 3. The molecule has 50 heavy (non-hydrogen) atoms. The fourth-order valence-electron chi connectivity index (χ4n) is 6.73. The van der Waals surface area contributed by atoms with Gasteiger partial charge in [0.2, 0.25) is 0 Å². The molecule has 0 aliphatic carbocycles. The van der Waals surface area contributed by atoms with Crippen LogP contribution in [0, 0.1) is 0 Å². The lowest BCUT2D eigenvalue weighted by Crippen LogP contribution is -2.47. The highest BCUT2D eigenvalue weighted by Gasteiger charge is 2.33. The molecule has 4 atom stereocenters. The molecule has 6 rings (SSSR count). The number of methoxy groups -OCH3 is 1. The van der Waals surface area contributed by atoms with Crippen LogP contribution in [0.4, 0.5) is 4.79 Å². The lowest BCUT2D eigenvalue weighted by Gasteiger charge is -2.39. The summed E-state index contributed by atoms with van der Waals surface area (Å²) in [7, 11) is 1.32. The van der Waals surface area contributed by atoms with E-state index in [2.05, 4.69) is 39.8 Å². The summed E-state index contributed by atoms with van der Waals surface area (Å²) in [5, 5.41) is 15.2. The Kier molecular flexibility index (Phi) is 12.3. The molecule has 262 valence electrons. The van der Waals surface area contributed by atoms with Gasteiger partial charge < -0.3 is 34.9 Å². The van der Waals surface area contributed by atoms with Crippen LogP contribution in [-0.2, 0) is 38.6 Å². The van der Waals surface area contributed by atoms with E-state index >= 15 is 0 Å². The number of nitrogens with zero attached hydrogens (tertiary/aromatic N) is 1. The van der Waals surface area contributed by atoms with Crippen LogP contribution in [0.2, 0.25) is 0 Å². The Bertz CT molecular complexity index is 1680. The minimum absolute atomic E-state index is 0.0167. The highest BCUT2D eigenvalue weighted by Crippen LogP contribution is 2.39. The van der Waals surface area contributed by atoms with E-state index in [1.165, 1.54) is 26.4 Å². The smallest absolute Gasteiger partial charge is 0.328 e. The summed E-state index contributed by atoms with van der Waals surface area (Å²) in [6.45, 7) is 3.41. The number of esters is 1. The quantitative estimate of drug-likeness (QED) is 0.148. The van der Waals surface area contributed by atoms with Gasteiger partial charge in [-0.05, 0) is 65.4 Å². The topological polar surface area (TPSA) is 109 Å². The first-order valence-electron chi connectivity index (χ1n) is 17.6. The van der Waals surface area contributed by atoms with E-state index in [0.717, 1.165) is 65.0 Å². The molecule has 2 fully saturated rings. The Morgan fingerprint density at radius 1 is 0.820 bits per heavy atom. The molecule has 4 aromatic rings. The van der Waals surface area contributed by atoms with Crippen LogP contribution >= 0.6 is 0 Å². The minimum Gasteiger partial charge on any atom is -0.467 e. The molecule has 2 aliphatic heterocycles. The van der Waals surface area contributed by atoms with Crippen molar-refractivity contribution < 1.29 is 28.9 Å². The molecule has 0 spiro atoms. The van der Waals surface area contributed by atoms with Crippen molar-refractivity contribution in [3.63, 3.8) is 0 Å². The predicted molar refractivity (Wildman–Crippen MR) is 192 cm³/mol. The number of aliphatic hydroxyl groups excluding tert-OH is 1. The summed E-state index contributed by atoms with van der Waals surface area (Å²) in [4.78, 5) is 27.7. The molecule has 4 unspecified atom stereocenters. The van der Waals surface area contributed by atoms with Crippen molar-refractivity contribution in [2.45, 2.75) is 69.8 Å². The Hall–Kier alpha value is -4.54. The van der Waals surface area contributed by atoms with Crippen molar-refractivity contribution in [2.75, 3.05) is 26.7 Å². The van der Waals surface area contributed by atoms with Gasteiger partial charge in [0.1, 0.15) is 6.04 Å². The number of amides is 2. The third-order valence-corrected chi connectivity index (χ3v) is 9.50. The second kappa shape index (κ2) is 17.4. The zero-order chi connectivity index (χ0) is 34.7. The maximum absolute atomic E-state index is 12.8. The summed E-state index contributed by atoms with van der Waals surface area (Å²) < 4.78 is 18.1. The lowest BCUT2D eigenvalue weighted by molar-refractivity contribution is -0.253. The maximum atomic E-state index is 12.8. The van der Waals surface area contributed by atoms with E-state index < -0.39 is 24.3 Å². The van der Waals surface area contributed by atoms with Gasteiger partial charge in [0.15, 0.2) is 6.29 Å². The van der Waals surface area contributed by atoms with E-state index in [0.29, 0.717) is 13.0 Å². The third-order valence-electron chi connectivity index (χ3n) is 9.50. The molecule has 9 nitrogen and oxygen atoms in total. The van der Waals surface area contributed by atoms with Crippen molar-refractivity contribution in [1.29, 1.82) is 0 Å². The molecule has 0 aromatic heterocycles. The molecular weight excluding hydrogens is 630 g/mol. The first-order valence-corrected chi connectivity index (χ1v) is 17.6. The number of piperidine rings is 1. The molecule has 0 saturated carbocycles. The van der Waals surface area contributed by atoms with Gasteiger partial charge in [-0.15, -0.1) is 0 Å². The van der Waals surface area contributed by atoms with Gasteiger partial charge in [-0.2, -0.15) is 0 Å². The zero-order valence-corrected chi connectivity index (χ0v) is 28.6. The number of likely N-dealkylation sites (tertiary alicyclic amines) is 1. The molecule has 9 heteroatoms. The van der Waals surface area contributed by atoms with Crippen LogP contribution in [0.3, 0.4) is 0 Å². The second-order valence-corrected chi connectivity index (χ2v) is 13.1. The summed E-state index contributed by atoms with van der Waals surface area (Å²) in [6.07, 6.45) is 4.29. The Balaban J connectivity index is 1.10. The van der Waals surface area contributed by atoms with Crippen LogP contribution in [0.1, 0.15) is 65.9 Å². The molecule has 2 amide bonds. The number of nitrogens with one attached hydrogen (secondary N) is 2. The molecule has 2 heterocycles. The number of urea groups is 1. The number of rotatable bonds is 12. The molecule has 2 saturated heterocycles. The molecule has 4 aromatic carbocycles. The summed E-state index contributed by atoms with van der Waals surface area (Å²) >= 11 is 0. The van der Waals surface area contributed by atoms with Gasteiger partial charge in [-0.1, -0.05) is 103 Å². The zero-order valence-electron chi connectivity index (χ0n) is 28.6. The van der Waals surface area contributed by atoms with Gasteiger partial charge >= 0.3 is 12.0 Å².